The minimum atomic E-state index is -0.309. The Morgan fingerprint density at radius 3 is 2.81 bits per heavy atom. The van der Waals surface area contributed by atoms with E-state index in [1.807, 2.05) is 6.07 Å². The number of rotatable bonds is 11. The van der Waals surface area contributed by atoms with E-state index in [0.717, 1.165) is 30.5 Å². The zero-order valence-electron chi connectivity index (χ0n) is 18.0. The first-order valence-corrected chi connectivity index (χ1v) is 11.6. The maximum atomic E-state index is 12.7. The maximum absolute atomic E-state index is 12.7. The van der Waals surface area contributed by atoms with Gasteiger partial charge in [0.25, 0.3) is 5.91 Å². The summed E-state index contributed by atoms with van der Waals surface area (Å²) in [4.78, 5) is 36.4. The van der Waals surface area contributed by atoms with Gasteiger partial charge in [0.2, 0.25) is 5.91 Å². The molecule has 2 aromatic heterocycles. The average molecular weight is 476 g/mol. The highest BCUT2D eigenvalue weighted by molar-refractivity contribution is 7.11. The van der Waals surface area contributed by atoms with Gasteiger partial charge in [-0.05, 0) is 31.0 Å². The van der Waals surface area contributed by atoms with E-state index in [4.69, 9.17) is 16.3 Å². The Kier molecular flexibility index (Phi) is 8.64. The lowest BCUT2D eigenvalue weighted by Crippen LogP contribution is -2.28. The predicted molar refractivity (Wildman–Crippen MR) is 125 cm³/mol. The number of nitrogens with zero attached hydrogens (tertiary/aromatic N) is 2. The van der Waals surface area contributed by atoms with Gasteiger partial charge in [-0.1, -0.05) is 24.4 Å². The third-order valence-electron chi connectivity index (χ3n) is 5.02. The van der Waals surface area contributed by atoms with Gasteiger partial charge in [-0.25, -0.2) is 4.98 Å². The number of carbonyl (C=O) groups is 2. The second kappa shape index (κ2) is 11.6. The van der Waals surface area contributed by atoms with Gasteiger partial charge in [-0.2, -0.15) is 0 Å². The lowest BCUT2D eigenvalue weighted by molar-refractivity contribution is -0.120. The first kappa shape index (κ1) is 23.7. The topological polar surface area (TPSA) is 109 Å². The van der Waals surface area contributed by atoms with Crippen LogP contribution in [0.4, 0.5) is 0 Å². The number of amides is 2. The number of ether oxygens (including phenoxy) is 1. The Morgan fingerprint density at radius 2 is 2.09 bits per heavy atom. The predicted octanol–water partition coefficient (Wildman–Crippen LogP) is 4.36. The van der Waals surface area contributed by atoms with Crippen LogP contribution >= 0.6 is 22.9 Å². The van der Waals surface area contributed by atoms with Gasteiger partial charge in [0, 0.05) is 24.1 Å². The molecule has 3 rings (SSSR count). The molecule has 0 aliphatic carbocycles. The number of hydrogen-bond acceptors (Lipinski definition) is 6. The number of nitrogens with one attached hydrogen (secondary N) is 3. The van der Waals surface area contributed by atoms with Crippen molar-refractivity contribution >= 4 is 34.8 Å². The highest BCUT2D eigenvalue weighted by Gasteiger charge is 2.20. The highest BCUT2D eigenvalue weighted by Crippen LogP contribution is 2.32. The summed E-state index contributed by atoms with van der Waals surface area (Å²) in [6.07, 6.45) is 6.95. The van der Waals surface area contributed by atoms with Crippen LogP contribution in [0.15, 0.2) is 36.1 Å². The fourth-order valence-electron chi connectivity index (χ4n) is 3.31. The van der Waals surface area contributed by atoms with Crippen molar-refractivity contribution in [1.29, 1.82) is 0 Å². The van der Waals surface area contributed by atoms with Crippen molar-refractivity contribution in [1.82, 2.24) is 25.6 Å². The molecule has 2 heterocycles. The van der Waals surface area contributed by atoms with Gasteiger partial charge in [0.05, 0.1) is 36.7 Å². The summed E-state index contributed by atoms with van der Waals surface area (Å²) in [7, 11) is 3.22. The number of aromatic amines is 1. The molecular formula is C22H26ClN5O3S. The largest absolute Gasteiger partial charge is 0.496 e. The van der Waals surface area contributed by atoms with Crippen molar-refractivity contribution in [2.45, 2.75) is 38.1 Å². The van der Waals surface area contributed by atoms with Crippen molar-refractivity contribution in [3.8, 4) is 17.0 Å². The number of H-pyrrole nitrogens is 1. The van der Waals surface area contributed by atoms with Crippen molar-refractivity contribution in [2.75, 3.05) is 14.2 Å². The molecule has 170 valence electrons. The number of unbranched alkanes of at least 4 members (excludes halogenated alkanes) is 2. The molecule has 0 radical (unpaired) electrons. The quantitative estimate of drug-likeness (QED) is 0.357. The maximum Gasteiger partial charge on any atom is 0.263 e. The number of thiazole rings is 1. The number of benzene rings is 1. The lowest BCUT2D eigenvalue weighted by Gasteiger charge is -2.16. The number of halogens is 1. The second-order valence-electron chi connectivity index (χ2n) is 7.19. The van der Waals surface area contributed by atoms with Crippen LogP contribution in [0.1, 0.15) is 53.6 Å². The van der Waals surface area contributed by atoms with E-state index in [1.54, 1.807) is 44.2 Å². The van der Waals surface area contributed by atoms with Crippen LogP contribution in [-0.2, 0) is 4.79 Å². The second-order valence-corrected chi connectivity index (χ2v) is 8.51. The summed E-state index contributed by atoms with van der Waals surface area (Å²) in [5, 5.41) is 6.26. The molecule has 0 spiro atoms. The Morgan fingerprint density at radius 1 is 1.25 bits per heavy atom. The van der Waals surface area contributed by atoms with Crippen LogP contribution in [0, 0.1) is 0 Å². The molecule has 1 atom stereocenters. The van der Waals surface area contributed by atoms with Gasteiger partial charge in [0.1, 0.15) is 16.5 Å². The zero-order valence-corrected chi connectivity index (χ0v) is 19.6. The fraction of sp³-hybridized carbons (Fsp3) is 0.364. The van der Waals surface area contributed by atoms with E-state index in [-0.39, 0.29) is 17.9 Å². The van der Waals surface area contributed by atoms with Crippen LogP contribution < -0.4 is 15.4 Å². The van der Waals surface area contributed by atoms with Crippen LogP contribution in [-0.4, -0.2) is 40.9 Å². The molecule has 0 bridgehead atoms. The monoisotopic (exact) mass is 475 g/mol. The van der Waals surface area contributed by atoms with Crippen molar-refractivity contribution in [3.05, 3.63) is 51.8 Å². The van der Waals surface area contributed by atoms with E-state index in [1.165, 1.54) is 11.3 Å². The molecule has 1 aromatic carbocycles. The first-order valence-electron chi connectivity index (χ1n) is 10.3. The molecule has 0 saturated carbocycles. The number of methoxy groups -OCH3 is 1. The molecule has 0 aliphatic heterocycles. The average Bonchev–Trinajstić information content (AvgIpc) is 3.50. The molecular weight excluding hydrogens is 450 g/mol. The molecule has 0 aliphatic rings. The van der Waals surface area contributed by atoms with E-state index >= 15 is 0 Å². The van der Waals surface area contributed by atoms with Gasteiger partial charge in [0.15, 0.2) is 0 Å². The fourth-order valence-corrected chi connectivity index (χ4v) is 3.99. The SMILES string of the molecule is CNC(=O)CCCCCC(NC(=O)c1cncs1)c1ncc(-c2ccc(Cl)cc2OC)[nH]1. The third-order valence-corrected chi connectivity index (χ3v) is 6.02. The summed E-state index contributed by atoms with van der Waals surface area (Å²) in [6.45, 7) is 0. The smallest absolute Gasteiger partial charge is 0.263 e. The van der Waals surface area contributed by atoms with Crippen molar-refractivity contribution in [2.24, 2.45) is 0 Å². The van der Waals surface area contributed by atoms with E-state index in [2.05, 4.69) is 25.6 Å². The number of imidazole rings is 1. The number of aromatic nitrogens is 3. The lowest BCUT2D eigenvalue weighted by atomic mass is 10.1. The Bertz CT molecular complexity index is 1040. The Hall–Kier alpha value is -2.91. The van der Waals surface area contributed by atoms with Gasteiger partial charge < -0.3 is 20.4 Å². The summed E-state index contributed by atoms with van der Waals surface area (Å²) >= 11 is 7.36. The molecule has 1 unspecified atom stereocenters. The molecule has 2 amide bonds. The molecule has 0 saturated heterocycles. The number of hydrogen-bond donors (Lipinski definition) is 3. The summed E-state index contributed by atoms with van der Waals surface area (Å²) in [5.41, 5.74) is 3.22. The van der Waals surface area contributed by atoms with Crippen molar-refractivity contribution < 1.29 is 14.3 Å². The van der Waals surface area contributed by atoms with E-state index in [0.29, 0.717) is 34.3 Å². The zero-order chi connectivity index (χ0) is 22.9. The molecule has 3 aromatic rings. The molecule has 8 nitrogen and oxygen atoms in total. The van der Waals surface area contributed by atoms with Crippen molar-refractivity contribution in [3.63, 3.8) is 0 Å². The van der Waals surface area contributed by atoms with Gasteiger partial charge in [-0.15, -0.1) is 11.3 Å². The first-order chi connectivity index (χ1) is 15.5. The third kappa shape index (κ3) is 6.30. The molecule has 10 heteroatoms. The molecule has 3 N–H and O–H groups in total. The minimum absolute atomic E-state index is 0.0348. The van der Waals surface area contributed by atoms with E-state index < -0.39 is 0 Å². The van der Waals surface area contributed by atoms with Gasteiger partial charge in [-0.3, -0.25) is 14.6 Å². The van der Waals surface area contributed by atoms with E-state index in [9.17, 15) is 9.59 Å². The molecule has 32 heavy (non-hydrogen) atoms. The van der Waals surface area contributed by atoms with Gasteiger partial charge >= 0.3 is 0 Å². The Labute approximate surface area is 195 Å². The summed E-state index contributed by atoms with van der Waals surface area (Å²) < 4.78 is 5.44. The summed E-state index contributed by atoms with van der Waals surface area (Å²) in [5.74, 6) is 1.13. The summed E-state index contributed by atoms with van der Waals surface area (Å²) in [6, 6.07) is 5.08. The van der Waals surface area contributed by atoms with Crippen LogP contribution in [0.3, 0.4) is 0 Å². The highest BCUT2D eigenvalue weighted by atomic mass is 35.5. The standard InChI is InChI=1S/C22H26ClN5O3S/c1-24-20(29)7-5-3-4-6-16(28-22(30)19-12-25-13-32-19)21-26-11-17(27-21)15-9-8-14(23)10-18(15)31-2/h8-13,16H,3-7H2,1-2H3,(H,24,29)(H,26,27)(H,28,30). The normalized spacial score (nSPS) is 11.7. The number of carbonyl (C=O) groups excluding carboxylic acids is 2. The van der Waals surface area contributed by atoms with Crippen LogP contribution in [0.5, 0.6) is 5.75 Å². The van der Waals surface area contributed by atoms with Crippen LogP contribution in [0.2, 0.25) is 5.02 Å². The minimum Gasteiger partial charge on any atom is -0.496 e. The molecule has 0 fully saturated rings. The Balaban J connectivity index is 1.74. The van der Waals surface area contributed by atoms with Crippen LogP contribution in [0.25, 0.3) is 11.3 Å².